The number of para-hydroxylation sites is 1. The van der Waals surface area contributed by atoms with Crippen LogP contribution in [-0.4, -0.2) is 26.4 Å². The highest BCUT2D eigenvalue weighted by molar-refractivity contribution is 5.56. The molecule has 0 amide bonds. The summed E-state index contributed by atoms with van der Waals surface area (Å²) in [7, 11) is 0. The average molecular weight is 357 g/mol. The smallest absolute Gasteiger partial charge is 0.137 e. The first kappa shape index (κ1) is 16.6. The Hall–Kier alpha value is -2.84. The number of rotatable bonds is 5. The van der Waals surface area contributed by atoms with Gasteiger partial charge in [-0.2, -0.15) is 5.10 Å². The van der Waals surface area contributed by atoms with Gasteiger partial charge in [-0.05, 0) is 17.7 Å². The summed E-state index contributed by atoms with van der Waals surface area (Å²) < 4.78 is 29.2. The molecule has 0 aliphatic carbocycles. The van der Waals surface area contributed by atoms with E-state index in [2.05, 4.69) is 15.5 Å². The molecule has 0 spiro atoms. The molecule has 3 aromatic rings. The zero-order valence-corrected chi connectivity index (χ0v) is 13.8. The standard InChI is InChI=1S/C18H17F2N5O/c19-14-5-6-15(16(20)7-14)18(26,9-24-12-21-11-23-24)10-25-17-4-2-1-3-13(17)8-22-25/h1-7,11-12,22,26H,8-10H2. The fourth-order valence-electron chi connectivity index (χ4n) is 3.26. The number of halogens is 2. The fraction of sp³-hybridized carbons (Fsp3) is 0.222. The van der Waals surface area contributed by atoms with E-state index in [-0.39, 0.29) is 18.7 Å². The predicted molar refractivity (Wildman–Crippen MR) is 90.9 cm³/mol. The van der Waals surface area contributed by atoms with Crippen molar-refractivity contribution in [2.24, 2.45) is 0 Å². The molecule has 1 aliphatic rings. The highest BCUT2D eigenvalue weighted by Crippen LogP contribution is 2.32. The number of fused-ring (bicyclic) bond motifs is 1. The number of hydrogen-bond acceptors (Lipinski definition) is 5. The second-order valence-electron chi connectivity index (χ2n) is 6.30. The topological polar surface area (TPSA) is 66.2 Å². The number of β-amino-alcohol motifs (C(OH)–C–C–N with tert-alkyl or cyclic N) is 1. The number of hydrazine groups is 1. The van der Waals surface area contributed by atoms with E-state index in [9.17, 15) is 13.9 Å². The highest BCUT2D eigenvalue weighted by atomic mass is 19.1. The summed E-state index contributed by atoms with van der Waals surface area (Å²) in [6.45, 7) is 0.629. The molecule has 1 atom stereocenters. The van der Waals surface area contributed by atoms with Crippen LogP contribution in [0.4, 0.5) is 14.5 Å². The summed E-state index contributed by atoms with van der Waals surface area (Å²) >= 11 is 0. The maximum absolute atomic E-state index is 14.5. The Bertz CT molecular complexity index is 918. The molecule has 2 aromatic carbocycles. The van der Waals surface area contributed by atoms with Crippen molar-refractivity contribution in [2.75, 3.05) is 11.6 Å². The van der Waals surface area contributed by atoms with E-state index in [1.165, 1.54) is 23.4 Å². The number of aromatic nitrogens is 3. The molecule has 6 nitrogen and oxygen atoms in total. The Morgan fingerprint density at radius 2 is 2.00 bits per heavy atom. The van der Waals surface area contributed by atoms with Crippen molar-refractivity contribution in [3.8, 4) is 0 Å². The van der Waals surface area contributed by atoms with Crippen LogP contribution >= 0.6 is 0 Å². The molecule has 1 unspecified atom stereocenters. The minimum absolute atomic E-state index is 0.000538. The van der Waals surface area contributed by atoms with E-state index in [1.54, 1.807) is 5.01 Å². The number of benzene rings is 2. The molecule has 0 radical (unpaired) electrons. The van der Waals surface area contributed by atoms with Crippen LogP contribution in [0.5, 0.6) is 0 Å². The van der Waals surface area contributed by atoms with Gasteiger partial charge in [0.25, 0.3) is 0 Å². The van der Waals surface area contributed by atoms with Gasteiger partial charge in [0.05, 0.1) is 18.8 Å². The number of aliphatic hydroxyl groups is 1. The number of anilines is 1. The Morgan fingerprint density at radius 3 is 2.77 bits per heavy atom. The zero-order chi connectivity index (χ0) is 18.1. The lowest BCUT2D eigenvalue weighted by Gasteiger charge is -2.34. The molecule has 0 fully saturated rings. The molecule has 4 rings (SSSR count). The van der Waals surface area contributed by atoms with Gasteiger partial charge in [0.2, 0.25) is 0 Å². The number of nitrogens with one attached hydrogen (secondary N) is 1. The van der Waals surface area contributed by atoms with E-state index in [1.807, 2.05) is 24.3 Å². The van der Waals surface area contributed by atoms with Crippen LogP contribution in [0.1, 0.15) is 11.1 Å². The van der Waals surface area contributed by atoms with Crippen LogP contribution < -0.4 is 10.4 Å². The van der Waals surface area contributed by atoms with Gasteiger partial charge in [-0.1, -0.05) is 24.3 Å². The fourth-order valence-corrected chi connectivity index (χ4v) is 3.26. The van der Waals surface area contributed by atoms with Crippen LogP contribution in [0.2, 0.25) is 0 Å². The third-order valence-electron chi connectivity index (χ3n) is 4.49. The van der Waals surface area contributed by atoms with Gasteiger partial charge in [0.15, 0.2) is 0 Å². The maximum Gasteiger partial charge on any atom is 0.137 e. The summed E-state index contributed by atoms with van der Waals surface area (Å²) in [6.07, 6.45) is 2.78. The van der Waals surface area contributed by atoms with Gasteiger partial charge < -0.3 is 10.1 Å². The summed E-state index contributed by atoms with van der Waals surface area (Å²) in [5.74, 6) is -1.50. The first-order valence-corrected chi connectivity index (χ1v) is 8.14. The van der Waals surface area contributed by atoms with Crippen LogP contribution in [0.15, 0.2) is 55.1 Å². The molecule has 2 heterocycles. The van der Waals surface area contributed by atoms with Gasteiger partial charge in [0, 0.05) is 18.2 Å². The molecule has 1 aromatic heterocycles. The summed E-state index contributed by atoms with van der Waals surface area (Å²) in [4.78, 5) is 3.86. The minimum atomic E-state index is -1.66. The van der Waals surface area contributed by atoms with Crippen LogP contribution in [-0.2, 0) is 18.7 Å². The Kier molecular flexibility index (Phi) is 4.14. The second kappa shape index (κ2) is 6.47. The van der Waals surface area contributed by atoms with Gasteiger partial charge in [-0.15, -0.1) is 0 Å². The van der Waals surface area contributed by atoms with E-state index >= 15 is 0 Å². The number of nitrogens with zero attached hydrogens (tertiary/aromatic N) is 4. The zero-order valence-electron chi connectivity index (χ0n) is 13.8. The van der Waals surface area contributed by atoms with E-state index < -0.39 is 17.2 Å². The van der Waals surface area contributed by atoms with Crippen LogP contribution in [0.25, 0.3) is 0 Å². The molecule has 0 bridgehead atoms. The summed E-state index contributed by atoms with van der Waals surface area (Å²) in [5.41, 5.74) is 3.52. The van der Waals surface area contributed by atoms with Crippen LogP contribution in [0.3, 0.4) is 0 Å². The van der Waals surface area contributed by atoms with E-state index in [0.717, 1.165) is 23.4 Å². The highest BCUT2D eigenvalue weighted by Gasteiger charge is 2.37. The first-order chi connectivity index (χ1) is 12.5. The molecule has 1 aliphatic heterocycles. The minimum Gasteiger partial charge on any atom is -0.381 e. The van der Waals surface area contributed by atoms with Gasteiger partial charge in [-0.3, -0.25) is 0 Å². The molecule has 2 N–H and O–H groups in total. The van der Waals surface area contributed by atoms with Crippen molar-refractivity contribution in [3.63, 3.8) is 0 Å². The molecular weight excluding hydrogens is 340 g/mol. The maximum atomic E-state index is 14.5. The predicted octanol–water partition coefficient (Wildman–Crippen LogP) is 1.97. The van der Waals surface area contributed by atoms with Crippen molar-refractivity contribution in [1.82, 2.24) is 20.2 Å². The first-order valence-electron chi connectivity index (χ1n) is 8.14. The van der Waals surface area contributed by atoms with E-state index in [0.29, 0.717) is 6.54 Å². The average Bonchev–Trinajstić information content (AvgIpc) is 3.25. The van der Waals surface area contributed by atoms with Crippen molar-refractivity contribution in [2.45, 2.75) is 18.7 Å². The SMILES string of the molecule is OC(CN1NCc2ccccc21)(Cn1cncn1)c1ccc(F)cc1F. The lowest BCUT2D eigenvalue weighted by atomic mass is 9.92. The van der Waals surface area contributed by atoms with E-state index in [4.69, 9.17) is 0 Å². The summed E-state index contributed by atoms with van der Waals surface area (Å²) in [5, 5.41) is 17.2. The molecular formula is C18H17F2N5O. The Labute approximate surface area is 148 Å². The van der Waals surface area contributed by atoms with Gasteiger partial charge in [0.1, 0.15) is 29.9 Å². The lowest BCUT2D eigenvalue weighted by Crippen LogP contribution is -2.48. The third kappa shape index (κ3) is 3.04. The van der Waals surface area contributed by atoms with Crippen molar-refractivity contribution in [1.29, 1.82) is 0 Å². The molecule has 0 saturated heterocycles. The second-order valence-corrected chi connectivity index (χ2v) is 6.30. The van der Waals surface area contributed by atoms with Crippen molar-refractivity contribution < 1.29 is 13.9 Å². The third-order valence-corrected chi connectivity index (χ3v) is 4.49. The van der Waals surface area contributed by atoms with Crippen molar-refractivity contribution >= 4 is 5.69 Å². The molecule has 8 heteroatoms. The normalized spacial score (nSPS) is 15.7. The monoisotopic (exact) mass is 357 g/mol. The molecule has 134 valence electrons. The quantitative estimate of drug-likeness (QED) is 0.731. The lowest BCUT2D eigenvalue weighted by molar-refractivity contribution is 0.0169. The van der Waals surface area contributed by atoms with Gasteiger partial charge >= 0.3 is 0 Å². The molecule has 26 heavy (non-hydrogen) atoms. The largest absolute Gasteiger partial charge is 0.381 e. The Morgan fingerprint density at radius 1 is 1.15 bits per heavy atom. The summed E-state index contributed by atoms with van der Waals surface area (Å²) in [6, 6.07) is 10.9. The molecule has 0 saturated carbocycles. The van der Waals surface area contributed by atoms with Gasteiger partial charge in [-0.25, -0.2) is 23.9 Å². The Balaban J connectivity index is 1.71. The van der Waals surface area contributed by atoms with Crippen LogP contribution in [0, 0.1) is 11.6 Å². The van der Waals surface area contributed by atoms with Crippen molar-refractivity contribution in [3.05, 3.63) is 77.9 Å². The number of hydrogen-bond donors (Lipinski definition) is 2.